The highest BCUT2D eigenvalue weighted by Crippen LogP contribution is 2.44. The molecule has 2 saturated carbocycles. The van der Waals surface area contributed by atoms with Crippen molar-refractivity contribution in [1.29, 1.82) is 0 Å². The summed E-state index contributed by atoms with van der Waals surface area (Å²) in [6.07, 6.45) is 9.41. The summed E-state index contributed by atoms with van der Waals surface area (Å²) in [7, 11) is 1.58. The SMILES string of the molecule is COc1c(Nc2cc(NC(=O)C3CC3)nnc2C(N)=O)cccc1-c1cnn([C@@H]2CCCCC23OCCO3)c1. The van der Waals surface area contributed by atoms with E-state index >= 15 is 0 Å². The Morgan fingerprint density at radius 2 is 1.95 bits per heavy atom. The van der Waals surface area contributed by atoms with Gasteiger partial charge in [0, 0.05) is 35.7 Å². The maximum atomic E-state index is 12.2. The van der Waals surface area contributed by atoms with Crippen molar-refractivity contribution in [3.8, 4) is 16.9 Å². The smallest absolute Gasteiger partial charge is 0.271 e. The molecule has 3 fully saturated rings. The molecule has 1 aliphatic heterocycles. The Labute approximate surface area is 225 Å². The number of nitrogens with zero attached hydrogens (tertiary/aromatic N) is 4. The quantitative estimate of drug-likeness (QED) is 0.395. The third-order valence-electron chi connectivity index (χ3n) is 7.48. The number of hydrogen-bond acceptors (Lipinski definition) is 9. The molecule has 2 aromatic heterocycles. The van der Waals surface area contributed by atoms with Crippen LogP contribution in [0, 0.1) is 5.92 Å². The summed E-state index contributed by atoms with van der Waals surface area (Å²) in [6.45, 7) is 1.19. The lowest BCUT2D eigenvalue weighted by Gasteiger charge is -2.39. The fraction of sp³-hybridized carbons (Fsp3) is 0.444. The summed E-state index contributed by atoms with van der Waals surface area (Å²) < 4.78 is 19.9. The van der Waals surface area contributed by atoms with Gasteiger partial charge in [-0.05, 0) is 31.7 Å². The van der Waals surface area contributed by atoms with E-state index in [2.05, 4.69) is 25.9 Å². The minimum absolute atomic E-state index is 0.00741. The number of hydrogen-bond donors (Lipinski definition) is 3. The van der Waals surface area contributed by atoms with E-state index in [1.807, 2.05) is 29.1 Å². The molecule has 12 nitrogen and oxygen atoms in total. The van der Waals surface area contributed by atoms with Crippen molar-refractivity contribution >= 4 is 29.0 Å². The number of benzene rings is 1. The van der Waals surface area contributed by atoms with Gasteiger partial charge in [0.1, 0.15) is 11.8 Å². The summed E-state index contributed by atoms with van der Waals surface area (Å²) in [5.41, 5.74) is 8.04. The lowest BCUT2D eigenvalue weighted by Crippen LogP contribution is -2.43. The van der Waals surface area contributed by atoms with Crippen molar-refractivity contribution in [2.45, 2.75) is 50.4 Å². The molecule has 4 N–H and O–H groups in total. The van der Waals surface area contributed by atoms with Gasteiger partial charge in [-0.15, -0.1) is 10.2 Å². The van der Waals surface area contributed by atoms with E-state index in [4.69, 9.17) is 19.9 Å². The van der Waals surface area contributed by atoms with Crippen LogP contribution in [0.2, 0.25) is 0 Å². The van der Waals surface area contributed by atoms with Gasteiger partial charge in [0.05, 0.1) is 37.9 Å². The van der Waals surface area contributed by atoms with Crippen LogP contribution in [0.1, 0.15) is 55.1 Å². The van der Waals surface area contributed by atoms with Crippen LogP contribution in [-0.2, 0) is 14.3 Å². The molecule has 1 saturated heterocycles. The molecular weight excluding hydrogens is 502 g/mol. The largest absolute Gasteiger partial charge is 0.494 e. The van der Waals surface area contributed by atoms with Crippen molar-refractivity contribution in [1.82, 2.24) is 20.0 Å². The third-order valence-corrected chi connectivity index (χ3v) is 7.48. The Bertz CT molecular complexity index is 1400. The first-order valence-electron chi connectivity index (χ1n) is 13.2. The number of anilines is 3. The molecule has 0 bridgehead atoms. The number of carbonyl (C=O) groups is 2. The normalized spacial score (nSPS) is 20.1. The lowest BCUT2D eigenvalue weighted by molar-refractivity contribution is -0.208. The Kier molecular flexibility index (Phi) is 6.65. The predicted molar refractivity (Wildman–Crippen MR) is 142 cm³/mol. The topological polar surface area (TPSA) is 156 Å². The zero-order valence-electron chi connectivity index (χ0n) is 21.7. The van der Waals surface area contributed by atoms with Crippen LogP contribution < -0.4 is 21.1 Å². The molecule has 3 heterocycles. The van der Waals surface area contributed by atoms with Crippen LogP contribution >= 0.6 is 0 Å². The van der Waals surface area contributed by atoms with E-state index < -0.39 is 11.7 Å². The molecule has 2 aliphatic carbocycles. The molecule has 6 rings (SSSR count). The predicted octanol–water partition coefficient (Wildman–Crippen LogP) is 3.40. The fourth-order valence-corrected chi connectivity index (χ4v) is 5.42. The van der Waals surface area contributed by atoms with E-state index in [0.29, 0.717) is 30.3 Å². The Hall–Kier alpha value is -4.03. The zero-order valence-corrected chi connectivity index (χ0v) is 21.7. The van der Waals surface area contributed by atoms with Crippen molar-refractivity contribution in [3.05, 3.63) is 42.4 Å². The maximum absolute atomic E-state index is 12.2. The average molecular weight is 534 g/mol. The summed E-state index contributed by atoms with van der Waals surface area (Å²) in [6, 6.07) is 7.15. The zero-order chi connectivity index (χ0) is 27.0. The number of aromatic nitrogens is 4. The van der Waals surface area contributed by atoms with E-state index in [0.717, 1.165) is 49.7 Å². The van der Waals surface area contributed by atoms with Gasteiger partial charge in [-0.2, -0.15) is 5.10 Å². The number of rotatable bonds is 8. The summed E-state index contributed by atoms with van der Waals surface area (Å²) >= 11 is 0. The van der Waals surface area contributed by atoms with Crippen molar-refractivity contribution in [2.24, 2.45) is 11.7 Å². The molecule has 1 atom stereocenters. The molecule has 3 aromatic rings. The van der Waals surface area contributed by atoms with Crippen LogP contribution in [-0.4, -0.2) is 57.9 Å². The van der Waals surface area contributed by atoms with Gasteiger partial charge >= 0.3 is 0 Å². The van der Waals surface area contributed by atoms with Gasteiger partial charge in [-0.25, -0.2) is 0 Å². The van der Waals surface area contributed by atoms with E-state index in [9.17, 15) is 9.59 Å². The minimum Gasteiger partial charge on any atom is -0.494 e. The van der Waals surface area contributed by atoms with Gasteiger partial charge in [-0.3, -0.25) is 14.3 Å². The summed E-state index contributed by atoms with van der Waals surface area (Å²) in [5, 5.41) is 18.5. The van der Waals surface area contributed by atoms with Crippen LogP contribution in [0.15, 0.2) is 36.7 Å². The molecule has 1 aromatic carbocycles. The third kappa shape index (κ3) is 4.92. The Morgan fingerprint density at radius 1 is 1.13 bits per heavy atom. The molecule has 0 radical (unpaired) electrons. The first-order chi connectivity index (χ1) is 19.0. The molecular formula is C27H31N7O5. The molecule has 39 heavy (non-hydrogen) atoms. The highest BCUT2D eigenvalue weighted by Gasteiger charge is 2.47. The fourth-order valence-electron chi connectivity index (χ4n) is 5.42. The second-order valence-electron chi connectivity index (χ2n) is 10.1. The van der Waals surface area contributed by atoms with Crippen LogP contribution in [0.3, 0.4) is 0 Å². The van der Waals surface area contributed by atoms with Gasteiger partial charge in [0.15, 0.2) is 17.3 Å². The standard InChI is InChI=1S/C27H31N7O5/c1-37-24-18(17-14-29-34(15-17)21-7-2-3-10-27(21)38-11-12-39-27)5-4-6-19(24)30-20-13-22(31-26(36)16-8-9-16)32-33-23(20)25(28)35/h4-6,13-16,21H,2-3,7-12H2,1H3,(H2,28,35)(H2,30,31,32,36)/t21-/m1/s1. The highest BCUT2D eigenvalue weighted by atomic mass is 16.7. The molecule has 12 heteroatoms. The lowest BCUT2D eigenvalue weighted by atomic mass is 9.89. The minimum atomic E-state index is -0.751. The first-order valence-corrected chi connectivity index (χ1v) is 13.2. The number of amides is 2. The van der Waals surface area contributed by atoms with Gasteiger partial charge in [0.25, 0.3) is 5.91 Å². The Morgan fingerprint density at radius 3 is 2.69 bits per heavy atom. The highest BCUT2D eigenvalue weighted by molar-refractivity contribution is 5.99. The number of carbonyl (C=O) groups excluding carboxylic acids is 2. The van der Waals surface area contributed by atoms with Gasteiger partial charge < -0.3 is 30.6 Å². The summed E-state index contributed by atoms with van der Waals surface area (Å²) in [5.74, 6) is -0.729. The van der Waals surface area contributed by atoms with E-state index in [-0.39, 0.29) is 29.4 Å². The van der Waals surface area contributed by atoms with Crippen molar-refractivity contribution < 1.29 is 23.8 Å². The number of methoxy groups -OCH3 is 1. The van der Waals surface area contributed by atoms with E-state index in [1.165, 1.54) is 0 Å². The molecule has 1 spiro atoms. The van der Waals surface area contributed by atoms with Crippen molar-refractivity contribution in [2.75, 3.05) is 31.0 Å². The molecule has 2 amide bonds. The number of nitrogens with one attached hydrogen (secondary N) is 2. The van der Waals surface area contributed by atoms with Gasteiger partial charge in [-0.1, -0.05) is 18.6 Å². The summed E-state index contributed by atoms with van der Waals surface area (Å²) in [4.78, 5) is 24.3. The maximum Gasteiger partial charge on any atom is 0.271 e. The van der Waals surface area contributed by atoms with E-state index in [1.54, 1.807) is 19.4 Å². The number of nitrogens with two attached hydrogens (primary N) is 1. The molecule has 204 valence electrons. The van der Waals surface area contributed by atoms with Crippen LogP contribution in [0.4, 0.5) is 17.2 Å². The first kappa shape index (κ1) is 25.3. The van der Waals surface area contributed by atoms with Gasteiger partial charge in [0.2, 0.25) is 5.91 Å². The number of para-hydroxylation sites is 1. The Balaban J connectivity index is 1.30. The number of ether oxygens (including phenoxy) is 3. The number of primary amides is 1. The average Bonchev–Trinajstić information content (AvgIpc) is 3.51. The molecule has 0 unspecified atom stereocenters. The van der Waals surface area contributed by atoms with Crippen LogP contribution in [0.25, 0.3) is 11.1 Å². The van der Waals surface area contributed by atoms with Crippen molar-refractivity contribution in [3.63, 3.8) is 0 Å². The van der Waals surface area contributed by atoms with Crippen LogP contribution in [0.5, 0.6) is 5.75 Å². The second-order valence-corrected chi connectivity index (χ2v) is 10.1. The monoisotopic (exact) mass is 533 g/mol. The molecule has 3 aliphatic rings. The second kappa shape index (κ2) is 10.3.